The van der Waals surface area contributed by atoms with E-state index in [0.29, 0.717) is 30.4 Å². The summed E-state index contributed by atoms with van der Waals surface area (Å²) in [7, 11) is 3.83. The molecule has 0 spiro atoms. The number of nitrogens with one attached hydrogen (secondary N) is 1. The lowest BCUT2D eigenvalue weighted by molar-refractivity contribution is -0.131. The van der Waals surface area contributed by atoms with Gasteiger partial charge >= 0.3 is 0 Å². The second-order valence-electron chi connectivity index (χ2n) is 10.1. The van der Waals surface area contributed by atoms with Gasteiger partial charge in [0.25, 0.3) is 0 Å². The standard InChI is InChI=1S/C25H31N7O2/c1-14-20-9-19(32(15(2)33)23(14)20)13-31-24-18(11-27-31)10-26-25(29-24)28-21-7-17-12-30(3)6-5-16(17)8-22(21)34-4/h7-8,10-11,14,19-20,23H,5-6,9,12-13H2,1-4H3,(H,26,28,29)/t14-,19+,20+,23-/m1/s1. The quantitative estimate of drug-likeness (QED) is 0.625. The van der Waals surface area contributed by atoms with Crippen molar-refractivity contribution in [1.29, 1.82) is 0 Å². The predicted octanol–water partition coefficient (Wildman–Crippen LogP) is 2.82. The predicted molar refractivity (Wildman–Crippen MR) is 129 cm³/mol. The molecule has 9 nitrogen and oxygen atoms in total. The lowest BCUT2D eigenvalue weighted by Gasteiger charge is -2.27. The molecule has 4 heterocycles. The van der Waals surface area contributed by atoms with Gasteiger partial charge < -0.3 is 19.9 Å². The van der Waals surface area contributed by atoms with Gasteiger partial charge in [0, 0.05) is 32.3 Å². The SMILES string of the molecule is COc1cc2c(cc1Nc1ncc3cnn(C[C@@H]4C[C@H]5[C@@H](C)[C@H]5N4C(C)=O)c3n1)CN(C)CC2. The molecule has 178 valence electrons. The summed E-state index contributed by atoms with van der Waals surface area (Å²) < 4.78 is 7.58. The van der Waals surface area contributed by atoms with Crippen molar-refractivity contribution in [3.05, 3.63) is 35.7 Å². The number of amides is 1. The highest BCUT2D eigenvalue weighted by Gasteiger charge is 2.59. The van der Waals surface area contributed by atoms with Gasteiger partial charge in [0.1, 0.15) is 5.75 Å². The fourth-order valence-corrected chi connectivity index (χ4v) is 6.01. The summed E-state index contributed by atoms with van der Waals surface area (Å²) in [5.74, 6) is 2.68. The van der Waals surface area contributed by atoms with E-state index in [1.807, 2.05) is 4.68 Å². The molecule has 1 saturated carbocycles. The zero-order chi connectivity index (χ0) is 23.6. The van der Waals surface area contributed by atoms with Crippen LogP contribution >= 0.6 is 0 Å². The van der Waals surface area contributed by atoms with Crippen LogP contribution in [0.2, 0.25) is 0 Å². The molecule has 1 amide bonds. The fraction of sp³-hybridized carbons (Fsp3) is 0.520. The normalized spacial score (nSPS) is 25.8. The van der Waals surface area contributed by atoms with Crippen LogP contribution < -0.4 is 10.1 Å². The van der Waals surface area contributed by atoms with Gasteiger partial charge in [-0.3, -0.25) is 4.79 Å². The third-order valence-corrected chi connectivity index (χ3v) is 7.87. The number of likely N-dealkylation sites (N-methyl/N-ethyl adjacent to an activating group) is 1. The molecular formula is C25H31N7O2. The third-order valence-electron chi connectivity index (χ3n) is 7.87. The molecule has 3 aliphatic rings. The second-order valence-corrected chi connectivity index (χ2v) is 10.1. The molecule has 1 aromatic carbocycles. The Hall–Kier alpha value is -3.20. The Kier molecular flexibility index (Phi) is 4.98. The summed E-state index contributed by atoms with van der Waals surface area (Å²) >= 11 is 0. The lowest BCUT2D eigenvalue weighted by atomic mass is 9.99. The van der Waals surface area contributed by atoms with Crippen LogP contribution in [0, 0.1) is 11.8 Å². The average Bonchev–Trinajstić information content (AvgIpc) is 3.14. The molecule has 4 atom stereocenters. The van der Waals surface area contributed by atoms with Crippen LogP contribution in [0.3, 0.4) is 0 Å². The highest BCUT2D eigenvalue weighted by atomic mass is 16.5. The number of fused-ring (bicyclic) bond motifs is 3. The summed E-state index contributed by atoms with van der Waals surface area (Å²) in [4.78, 5) is 26.0. The highest BCUT2D eigenvalue weighted by molar-refractivity contribution is 5.77. The Balaban J connectivity index is 1.27. The molecule has 2 aromatic heterocycles. The molecule has 0 bridgehead atoms. The molecule has 0 radical (unpaired) electrons. The number of likely N-dealkylation sites (tertiary alicyclic amines) is 1. The Morgan fingerprint density at radius 1 is 1.26 bits per heavy atom. The van der Waals surface area contributed by atoms with E-state index in [1.165, 1.54) is 11.1 Å². The van der Waals surface area contributed by atoms with Crippen LogP contribution in [-0.4, -0.2) is 68.2 Å². The Bertz CT molecular complexity index is 1270. The van der Waals surface area contributed by atoms with Crippen LogP contribution in [-0.2, 0) is 24.3 Å². The van der Waals surface area contributed by atoms with E-state index in [9.17, 15) is 4.79 Å². The van der Waals surface area contributed by atoms with E-state index in [-0.39, 0.29) is 11.9 Å². The van der Waals surface area contributed by atoms with Gasteiger partial charge in [-0.15, -0.1) is 0 Å². The van der Waals surface area contributed by atoms with Gasteiger partial charge in [0.2, 0.25) is 11.9 Å². The van der Waals surface area contributed by atoms with E-state index in [1.54, 1.807) is 26.4 Å². The van der Waals surface area contributed by atoms with Crippen LogP contribution in [0.1, 0.15) is 31.4 Å². The first-order chi connectivity index (χ1) is 16.4. The van der Waals surface area contributed by atoms with Gasteiger partial charge in [-0.2, -0.15) is 10.1 Å². The molecular weight excluding hydrogens is 430 g/mol. The lowest BCUT2D eigenvalue weighted by Crippen LogP contribution is -2.40. The van der Waals surface area contributed by atoms with Crippen molar-refractivity contribution >= 4 is 28.6 Å². The van der Waals surface area contributed by atoms with Crippen LogP contribution in [0.4, 0.5) is 11.6 Å². The van der Waals surface area contributed by atoms with Crippen molar-refractivity contribution in [3.8, 4) is 5.75 Å². The number of methoxy groups -OCH3 is 1. The van der Waals surface area contributed by atoms with Crippen molar-refractivity contribution < 1.29 is 9.53 Å². The monoisotopic (exact) mass is 461 g/mol. The average molecular weight is 462 g/mol. The minimum Gasteiger partial charge on any atom is -0.495 e. The van der Waals surface area contributed by atoms with E-state index < -0.39 is 0 Å². The van der Waals surface area contributed by atoms with Crippen molar-refractivity contribution in [2.75, 3.05) is 26.0 Å². The molecule has 1 aliphatic carbocycles. The zero-order valence-electron chi connectivity index (χ0n) is 20.2. The van der Waals surface area contributed by atoms with Gasteiger partial charge in [-0.05, 0) is 55.0 Å². The molecule has 3 aromatic rings. The third kappa shape index (κ3) is 3.50. The van der Waals surface area contributed by atoms with E-state index >= 15 is 0 Å². The smallest absolute Gasteiger partial charge is 0.229 e. The van der Waals surface area contributed by atoms with Gasteiger partial charge in [-0.25, -0.2) is 9.67 Å². The first-order valence-electron chi connectivity index (χ1n) is 12.1. The van der Waals surface area contributed by atoms with Crippen molar-refractivity contribution in [3.63, 3.8) is 0 Å². The molecule has 0 unspecified atom stereocenters. The van der Waals surface area contributed by atoms with Crippen molar-refractivity contribution in [2.24, 2.45) is 11.8 Å². The largest absolute Gasteiger partial charge is 0.495 e. The van der Waals surface area contributed by atoms with Crippen LogP contribution in [0.15, 0.2) is 24.5 Å². The number of carbonyl (C=O) groups is 1. The Morgan fingerprint density at radius 2 is 2.12 bits per heavy atom. The number of benzene rings is 1. The Labute approximate surface area is 199 Å². The summed E-state index contributed by atoms with van der Waals surface area (Å²) in [5.41, 5.74) is 4.25. The zero-order valence-corrected chi connectivity index (χ0v) is 20.2. The number of ether oxygens (including phenoxy) is 1. The number of rotatable bonds is 5. The second kappa shape index (κ2) is 7.94. The number of piperidine rings is 1. The topological polar surface area (TPSA) is 88.4 Å². The number of carbonyl (C=O) groups excluding carboxylic acids is 1. The summed E-state index contributed by atoms with van der Waals surface area (Å²) in [6.07, 6.45) is 5.64. The maximum absolute atomic E-state index is 12.3. The highest BCUT2D eigenvalue weighted by Crippen LogP contribution is 2.53. The van der Waals surface area contributed by atoms with Crippen LogP contribution in [0.25, 0.3) is 11.0 Å². The number of anilines is 2. The van der Waals surface area contributed by atoms with Gasteiger partial charge in [-0.1, -0.05) is 6.92 Å². The molecule has 9 heteroatoms. The van der Waals surface area contributed by atoms with Gasteiger partial charge in [0.05, 0.1) is 37.0 Å². The minimum atomic E-state index is 0.153. The number of hydrogen-bond donors (Lipinski definition) is 1. The number of nitrogens with zero attached hydrogens (tertiary/aromatic N) is 6. The summed E-state index contributed by atoms with van der Waals surface area (Å²) in [6, 6.07) is 4.82. The Morgan fingerprint density at radius 3 is 2.91 bits per heavy atom. The van der Waals surface area contributed by atoms with E-state index in [0.717, 1.165) is 48.4 Å². The molecule has 6 rings (SSSR count). The molecule has 2 aliphatic heterocycles. The first-order valence-corrected chi connectivity index (χ1v) is 12.1. The summed E-state index contributed by atoms with van der Waals surface area (Å²) in [6.45, 7) is 6.52. The number of aromatic nitrogens is 4. The fourth-order valence-electron chi connectivity index (χ4n) is 6.01. The van der Waals surface area contributed by atoms with Crippen molar-refractivity contribution in [1.82, 2.24) is 29.5 Å². The first kappa shape index (κ1) is 21.3. The molecule has 1 N–H and O–H groups in total. The summed E-state index contributed by atoms with van der Waals surface area (Å²) in [5, 5.41) is 8.83. The maximum atomic E-state index is 12.3. The van der Waals surface area contributed by atoms with Gasteiger partial charge in [0.15, 0.2) is 5.65 Å². The molecule has 34 heavy (non-hydrogen) atoms. The molecule has 2 fully saturated rings. The minimum absolute atomic E-state index is 0.153. The van der Waals surface area contributed by atoms with E-state index in [2.05, 4.69) is 51.3 Å². The van der Waals surface area contributed by atoms with Crippen molar-refractivity contribution in [2.45, 2.75) is 51.9 Å². The maximum Gasteiger partial charge on any atom is 0.229 e. The van der Waals surface area contributed by atoms with Crippen LogP contribution in [0.5, 0.6) is 5.75 Å². The molecule has 1 saturated heterocycles. The van der Waals surface area contributed by atoms with E-state index in [4.69, 9.17) is 9.72 Å². The number of hydrogen-bond acceptors (Lipinski definition) is 7.